The molecule has 0 bridgehead atoms. The summed E-state index contributed by atoms with van der Waals surface area (Å²) in [5, 5.41) is 0. The summed E-state index contributed by atoms with van der Waals surface area (Å²) < 4.78 is 11.2. The van der Waals surface area contributed by atoms with Crippen molar-refractivity contribution < 1.29 is 9.47 Å². The Balaban J connectivity index is 2.67. The molecule has 0 N–H and O–H groups in total. The summed E-state index contributed by atoms with van der Waals surface area (Å²) in [5.41, 5.74) is 1.25. The van der Waals surface area contributed by atoms with Gasteiger partial charge in [0.15, 0.2) is 6.29 Å². The molecule has 0 radical (unpaired) electrons. The summed E-state index contributed by atoms with van der Waals surface area (Å²) in [4.78, 5) is 0. The van der Waals surface area contributed by atoms with Crippen LogP contribution in [0.3, 0.4) is 0 Å². The van der Waals surface area contributed by atoms with Gasteiger partial charge in [0.2, 0.25) is 0 Å². The molecule has 15 heavy (non-hydrogen) atoms. The van der Waals surface area contributed by atoms with E-state index in [2.05, 4.69) is 19.1 Å². The molecule has 0 spiro atoms. The van der Waals surface area contributed by atoms with Crippen molar-refractivity contribution in [2.75, 3.05) is 13.2 Å². The van der Waals surface area contributed by atoms with Gasteiger partial charge in [0.1, 0.15) is 0 Å². The van der Waals surface area contributed by atoms with E-state index >= 15 is 0 Å². The lowest BCUT2D eigenvalue weighted by Crippen LogP contribution is -2.24. The number of rotatable bonds is 6. The Labute approximate surface area is 92.2 Å². The van der Waals surface area contributed by atoms with Crippen molar-refractivity contribution in [1.82, 2.24) is 0 Å². The van der Waals surface area contributed by atoms with Crippen LogP contribution < -0.4 is 0 Å². The summed E-state index contributed by atoms with van der Waals surface area (Å²) in [6.07, 6.45) is -0.137. The van der Waals surface area contributed by atoms with Crippen LogP contribution in [0.5, 0.6) is 0 Å². The van der Waals surface area contributed by atoms with Crippen molar-refractivity contribution in [2.45, 2.75) is 33.0 Å². The maximum atomic E-state index is 5.58. The minimum absolute atomic E-state index is 0.137. The molecule has 0 unspecified atom stereocenters. The van der Waals surface area contributed by atoms with Crippen LogP contribution in [0, 0.1) is 0 Å². The molecule has 1 aromatic carbocycles. The minimum Gasteiger partial charge on any atom is -0.352 e. The first-order valence-electron chi connectivity index (χ1n) is 5.57. The monoisotopic (exact) mass is 208 g/mol. The lowest BCUT2D eigenvalue weighted by molar-refractivity contribution is -0.147. The maximum Gasteiger partial charge on any atom is 0.164 e. The second-order valence-corrected chi connectivity index (χ2v) is 3.48. The number of ether oxygens (including phenoxy) is 2. The third-order valence-electron chi connectivity index (χ3n) is 2.40. The molecule has 0 aliphatic heterocycles. The van der Waals surface area contributed by atoms with Gasteiger partial charge in [0.05, 0.1) is 0 Å². The van der Waals surface area contributed by atoms with Crippen molar-refractivity contribution in [3.63, 3.8) is 0 Å². The minimum atomic E-state index is -0.137. The topological polar surface area (TPSA) is 18.5 Å². The van der Waals surface area contributed by atoms with Gasteiger partial charge < -0.3 is 9.47 Å². The molecule has 0 aliphatic carbocycles. The molecule has 0 heterocycles. The Kier molecular flexibility index (Phi) is 5.37. The number of hydrogen-bond donors (Lipinski definition) is 0. The van der Waals surface area contributed by atoms with Gasteiger partial charge in [0, 0.05) is 19.1 Å². The molecular formula is C13H20O2. The van der Waals surface area contributed by atoms with E-state index in [1.165, 1.54) is 5.56 Å². The van der Waals surface area contributed by atoms with Crippen LogP contribution in [0.15, 0.2) is 30.3 Å². The molecule has 0 aliphatic rings. The van der Waals surface area contributed by atoms with Crippen molar-refractivity contribution in [2.24, 2.45) is 0 Å². The maximum absolute atomic E-state index is 5.58. The lowest BCUT2D eigenvalue weighted by Gasteiger charge is -2.23. The zero-order valence-corrected chi connectivity index (χ0v) is 9.77. The van der Waals surface area contributed by atoms with E-state index in [0.29, 0.717) is 13.2 Å². The van der Waals surface area contributed by atoms with Crippen LogP contribution in [-0.4, -0.2) is 19.5 Å². The normalized spacial score (nSPS) is 13.1. The highest BCUT2D eigenvalue weighted by Gasteiger charge is 2.18. The smallest absolute Gasteiger partial charge is 0.164 e. The molecule has 0 fully saturated rings. The van der Waals surface area contributed by atoms with Crippen LogP contribution in [-0.2, 0) is 9.47 Å². The molecule has 1 rings (SSSR count). The van der Waals surface area contributed by atoms with Crippen LogP contribution in [0.1, 0.15) is 32.3 Å². The molecular weight excluding hydrogens is 188 g/mol. The zero-order chi connectivity index (χ0) is 11.1. The van der Waals surface area contributed by atoms with Gasteiger partial charge in [-0.3, -0.25) is 0 Å². The highest BCUT2D eigenvalue weighted by molar-refractivity contribution is 5.19. The van der Waals surface area contributed by atoms with Crippen LogP contribution >= 0.6 is 0 Å². The van der Waals surface area contributed by atoms with Gasteiger partial charge in [-0.25, -0.2) is 0 Å². The van der Waals surface area contributed by atoms with E-state index in [4.69, 9.17) is 9.47 Å². The van der Waals surface area contributed by atoms with Crippen molar-refractivity contribution in [1.29, 1.82) is 0 Å². The Morgan fingerprint density at radius 3 is 2.00 bits per heavy atom. The Bertz CT molecular complexity index is 252. The summed E-state index contributed by atoms with van der Waals surface area (Å²) in [7, 11) is 0. The zero-order valence-electron chi connectivity index (χ0n) is 9.77. The summed E-state index contributed by atoms with van der Waals surface area (Å²) >= 11 is 0. The fraction of sp³-hybridized carbons (Fsp3) is 0.538. The van der Waals surface area contributed by atoms with E-state index < -0.39 is 0 Å². The van der Waals surface area contributed by atoms with Crippen LogP contribution in [0.4, 0.5) is 0 Å². The van der Waals surface area contributed by atoms with Gasteiger partial charge in [-0.15, -0.1) is 0 Å². The van der Waals surface area contributed by atoms with E-state index in [1.54, 1.807) is 0 Å². The van der Waals surface area contributed by atoms with Crippen molar-refractivity contribution in [3.05, 3.63) is 35.9 Å². The first-order chi connectivity index (χ1) is 7.29. The van der Waals surface area contributed by atoms with Gasteiger partial charge in [-0.1, -0.05) is 37.3 Å². The third kappa shape index (κ3) is 3.65. The fourth-order valence-corrected chi connectivity index (χ4v) is 1.58. The summed E-state index contributed by atoms with van der Waals surface area (Å²) in [6.45, 7) is 7.47. The molecule has 0 saturated heterocycles. The molecule has 2 heteroatoms. The average Bonchev–Trinajstić information content (AvgIpc) is 2.29. The largest absolute Gasteiger partial charge is 0.352 e. The van der Waals surface area contributed by atoms with Gasteiger partial charge in [-0.05, 0) is 19.4 Å². The quantitative estimate of drug-likeness (QED) is 0.668. The molecule has 0 aromatic heterocycles. The van der Waals surface area contributed by atoms with E-state index in [-0.39, 0.29) is 12.2 Å². The van der Waals surface area contributed by atoms with Crippen molar-refractivity contribution in [3.8, 4) is 0 Å². The van der Waals surface area contributed by atoms with Crippen molar-refractivity contribution >= 4 is 0 Å². The molecule has 1 aromatic rings. The molecule has 2 nitrogen and oxygen atoms in total. The fourth-order valence-electron chi connectivity index (χ4n) is 1.58. The second-order valence-electron chi connectivity index (χ2n) is 3.48. The van der Waals surface area contributed by atoms with Gasteiger partial charge in [0.25, 0.3) is 0 Å². The van der Waals surface area contributed by atoms with Gasteiger partial charge >= 0.3 is 0 Å². The summed E-state index contributed by atoms with van der Waals surface area (Å²) in [6, 6.07) is 10.3. The Morgan fingerprint density at radius 2 is 1.53 bits per heavy atom. The number of hydrogen-bond acceptors (Lipinski definition) is 2. The highest BCUT2D eigenvalue weighted by Crippen LogP contribution is 2.21. The average molecular weight is 208 g/mol. The first-order valence-corrected chi connectivity index (χ1v) is 5.57. The third-order valence-corrected chi connectivity index (χ3v) is 2.40. The summed E-state index contributed by atoms with van der Waals surface area (Å²) in [5.74, 6) is 0.270. The van der Waals surface area contributed by atoms with E-state index in [1.807, 2.05) is 32.0 Å². The van der Waals surface area contributed by atoms with Crippen LogP contribution in [0.2, 0.25) is 0 Å². The molecule has 84 valence electrons. The predicted molar refractivity (Wildman–Crippen MR) is 61.9 cm³/mol. The van der Waals surface area contributed by atoms with E-state index in [9.17, 15) is 0 Å². The highest BCUT2D eigenvalue weighted by atomic mass is 16.7. The SMILES string of the molecule is CCOC(OCC)[C@H](C)c1ccccc1. The molecule has 0 saturated carbocycles. The van der Waals surface area contributed by atoms with Gasteiger partial charge in [-0.2, -0.15) is 0 Å². The lowest BCUT2D eigenvalue weighted by atomic mass is 10.0. The standard InChI is InChI=1S/C13H20O2/c1-4-14-13(15-5-2)11(3)12-9-7-6-8-10-12/h6-11,13H,4-5H2,1-3H3/t11-/m1/s1. The van der Waals surface area contributed by atoms with Crippen LogP contribution in [0.25, 0.3) is 0 Å². The Morgan fingerprint density at radius 1 is 1.00 bits per heavy atom. The number of benzene rings is 1. The Hall–Kier alpha value is -0.860. The predicted octanol–water partition coefficient (Wildman–Crippen LogP) is 3.19. The first kappa shape index (κ1) is 12.2. The molecule has 0 amide bonds. The molecule has 1 atom stereocenters. The van der Waals surface area contributed by atoms with E-state index in [0.717, 1.165) is 0 Å². The second kappa shape index (κ2) is 6.59.